The minimum absolute atomic E-state index is 0. The van der Waals surface area contributed by atoms with Crippen LogP contribution in [0.25, 0.3) is 0 Å². The Hall–Kier alpha value is -4.11. The van der Waals surface area contributed by atoms with E-state index in [9.17, 15) is 18.0 Å². The summed E-state index contributed by atoms with van der Waals surface area (Å²) in [6.45, 7) is 3.30. The average molecular weight is 739 g/mol. The second-order valence-corrected chi connectivity index (χ2v) is 11.8. The second kappa shape index (κ2) is 17.2. The third-order valence-electron chi connectivity index (χ3n) is 8.73. The Morgan fingerprint density at radius 1 is 0.940 bits per heavy atom. The van der Waals surface area contributed by atoms with Gasteiger partial charge in [-0.2, -0.15) is 28.2 Å². The van der Waals surface area contributed by atoms with Crippen LogP contribution in [0.15, 0.2) is 73.1 Å². The molecule has 0 spiro atoms. The summed E-state index contributed by atoms with van der Waals surface area (Å²) in [4.78, 5) is 28.4. The van der Waals surface area contributed by atoms with Crippen molar-refractivity contribution in [2.24, 2.45) is 0 Å². The van der Waals surface area contributed by atoms with Crippen molar-refractivity contribution >= 4 is 30.7 Å². The number of alkyl halides is 3. The monoisotopic (exact) mass is 737 g/mol. The number of piperazine rings is 2. The average Bonchev–Trinajstić information content (AvgIpc) is 3.64. The van der Waals surface area contributed by atoms with Crippen molar-refractivity contribution in [2.75, 3.05) is 53.0 Å². The summed E-state index contributed by atoms with van der Waals surface area (Å²) in [5, 5.41) is 6.66. The van der Waals surface area contributed by atoms with Crippen molar-refractivity contribution in [1.29, 1.82) is 0 Å². The number of nitrogens with one attached hydrogen (secondary N) is 1. The van der Waals surface area contributed by atoms with Crippen LogP contribution in [0.5, 0.6) is 17.8 Å². The molecular formula is C34H40Cl2F3N7O4. The number of halogens is 5. The molecule has 2 atom stereocenters. The van der Waals surface area contributed by atoms with E-state index in [0.717, 1.165) is 11.1 Å². The maximum Gasteiger partial charge on any atom is 0.422 e. The third-order valence-corrected chi connectivity index (χ3v) is 8.73. The highest BCUT2D eigenvalue weighted by molar-refractivity contribution is 5.93. The van der Waals surface area contributed by atoms with Crippen molar-refractivity contribution in [1.82, 2.24) is 34.9 Å². The predicted molar refractivity (Wildman–Crippen MR) is 185 cm³/mol. The molecular weight excluding hydrogens is 698 g/mol. The molecule has 0 unspecified atom stereocenters. The lowest BCUT2D eigenvalue weighted by atomic mass is 9.81. The first-order valence-electron chi connectivity index (χ1n) is 15.9. The molecule has 2 saturated heterocycles. The molecule has 2 aromatic carbocycles. The number of fused-ring (bicyclic) bond motifs is 1. The van der Waals surface area contributed by atoms with Gasteiger partial charge < -0.3 is 19.1 Å². The molecule has 50 heavy (non-hydrogen) atoms. The van der Waals surface area contributed by atoms with Gasteiger partial charge in [-0.15, -0.1) is 24.8 Å². The van der Waals surface area contributed by atoms with Crippen LogP contribution in [0.4, 0.5) is 13.2 Å². The predicted octanol–water partition coefficient (Wildman–Crippen LogP) is 5.23. The van der Waals surface area contributed by atoms with Gasteiger partial charge >= 0.3 is 12.2 Å². The molecule has 2 aliphatic heterocycles. The van der Waals surface area contributed by atoms with Crippen LogP contribution >= 0.6 is 24.8 Å². The number of hydrogen-bond donors (Lipinski definition) is 1. The summed E-state index contributed by atoms with van der Waals surface area (Å²) in [5.74, 6) is -0.310. The number of H-pyrrole nitrogens is 1. The van der Waals surface area contributed by atoms with E-state index in [4.69, 9.17) is 14.2 Å². The summed E-state index contributed by atoms with van der Waals surface area (Å²) in [6, 6.07) is 20.3. The summed E-state index contributed by atoms with van der Waals surface area (Å²) in [5.41, 5.74) is 3.06. The molecule has 2 aliphatic rings. The van der Waals surface area contributed by atoms with E-state index in [1.54, 1.807) is 13.1 Å². The van der Waals surface area contributed by atoms with Crippen LogP contribution in [-0.2, 0) is 6.54 Å². The Kier molecular flexibility index (Phi) is 13.3. The Bertz CT molecular complexity index is 1620. The molecule has 16 heteroatoms. The van der Waals surface area contributed by atoms with Crippen molar-refractivity contribution in [3.8, 4) is 17.8 Å². The van der Waals surface area contributed by atoms with E-state index in [-0.39, 0.29) is 85.2 Å². The van der Waals surface area contributed by atoms with Gasteiger partial charge in [-0.25, -0.2) is 0 Å². The molecule has 270 valence electrons. The first-order valence-corrected chi connectivity index (χ1v) is 15.9. The molecule has 1 amide bonds. The highest BCUT2D eigenvalue weighted by Gasteiger charge is 2.44. The molecule has 0 saturated carbocycles. The van der Waals surface area contributed by atoms with Gasteiger partial charge in [0.25, 0.3) is 5.91 Å². The van der Waals surface area contributed by atoms with E-state index >= 15 is 0 Å². The maximum absolute atomic E-state index is 13.4. The summed E-state index contributed by atoms with van der Waals surface area (Å²) < 4.78 is 56.2. The summed E-state index contributed by atoms with van der Waals surface area (Å²) in [7, 11) is 1.40. The van der Waals surface area contributed by atoms with E-state index in [0.29, 0.717) is 38.3 Å². The standard InChI is InChI=1S/C34H38F3N7O4.2ClH/c1-3-47-33-40-30(46-2)27(31(41-33)48-22-34(35,36)37)20-42-18-26-19-43(32(45)25-16-38-39-17-25)14-15-44(26)28(21-42)29(23-10-6-4-7-11-23)24-12-8-5-9-13-24;;/h4-13,16-17,26,28-29H,3,14-15,18-22H2,1-2H3,(H,38,39);2*1H/t26-,28+;;/m1../s1. The lowest BCUT2D eigenvalue weighted by Gasteiger charge is -2.53. The maximum atomic E-state index is 13.4. The molecule has 4 heterocycles. The lowest BCUT2D eigenvalue weighted by Crippen LogP contribution is -2.67. The molecule has 6 rings (SSSR count). The fraction of sp³-hybridized carbons (Fsp3) is 0.412. The number of methoxy groups -OCH3 is 1. The Balaban J connectivity index is 0.00000281. The fourth-order valence-electron chi connectivity index (χ4n) is 6.75. The minimum Gasteiger partial charge on any atom is -0.481 e. The van der Waals surface area contributed by atoms with Crippen LogP contribution in [0, 0.1) is 0 Å². The first kappa shape index (κ1) is 38.7. The van der Waals surface area contributed by atoms with Gasteiger partial charge in [-0.05, 0) is 18.1 Å². The van der Waals surface area contributed by atoms with Crippen LogP contribution in [0.2, 0.25) is 0 Å². The van der Waals surface area contributed by atoms with E-state index in [1.807, 2.05) is 41.3 Å². The number of hydrogen-bond acceptors (Lipinski definition) is 9. The van der Waals surface area contributed by atoms with Gasteiger partial charge in [0.2, 0.25) is 11.8 Å². The Labute approximate surface area is 300 Å². The van der Waals surface area contributed by atoms with Crippen molar-refractivity contribution in [2.45, 2.75) is 37.6 Å². The molecule has 4 aromatic rings. The topological polar surface area (TPSA) is 109 Å². The van der Waals surface area contributed by atoms with Gasteiger partial charge in [-0.1, -0.05) is 60.7 Å². The number of amides is 1. The number of rotatable bonds is 11. The van der Waals surface area contributed by atoms with Gasteiger partial charge in [0.15, 0.2) is 6.61 Å². The smallest absolute Gasteiger partial charge is 0.422 e. The second-order valence-electron chi connectivity index (χ2n) is 11.8. The van der Waals surface area contributed by atoms with E-state index < -0.39 is 12.8 Å². The molecule has 0 aliphatic carbocycles. The number of ether oxygens (including phenoxy) is 3. The fourth-order valence-corrected chi connectivity index (χ4v) is 6.75. The number of nitrogens with zero attached hydrogens (tertiary/aromatic N) is 6. The zero-order chi connectivity index (χ0) is 33.7. The van der Waals surface area contributed by atoms with Crippen LogP contribution in [0.3, 0.4) is 0 Å². The quantitative estimate of drug-likeness (QED) is 0.221. The molecule has 0 radical (unpaired) electrons. The molecule has 2 aromatic heterocycles. The normalized spacial score (nSPS) is 18.1. The minimum atomic E-state index is -4.58. The van der Waals surface area contributed by atoms with Crippen molar-refractivity contribution in [3.63, 3.8) is 0 Å². The lowest BCUT2D eigenvalue weighted by molar-refractivity contribution is -0.154. The van der Waals surface area contributed by atoms with E-state index in [2.05, 4.69) is 54.2 Å². The zero-order valence-corrected chi connectivity index (χ0v) is 29.2. The highest BCUT2D eigenvalue weighted by atomic mass is 35.5. The van der Waals surface area contributed by atoms with Crippen molar-refractivity contribution in [3.05, 3.63) is 95.3 Å². The zero-order valence-electron chi connectivity index (χ0n) is 27.6. The number of carbonyl (C=O) groups is 1. The largest absolute Gasteiger partial charge is 0.481 e. The SMILES string of the molecule is CCOc1nc(OC)c(CN2C[C@@H]3CN(C(=O)c4cn[nH]c4)CCN3[C@H](C(c3ccccc3)c3ccccc3)C2)c(OCC(F)(F)F)n1.Cl.Cl. The van der Waals surface area contributed by atoms with Crippen LogP contribution in [-0.4, -0.2) is 112 Å². The van der Waals surface area contributed by atoms with Gasteiger partial charge in [0.1, 0.15) is 0 Å². The van der Waals surface area contributed by atoms with Gasteiger partial charge in [0.05, 0.1) is 31.0 Å². The highest BCUT2D eigenvalue weighted by Crippen LogP contribution is 2.38. The number of aromatic nitrogens is 4. The Morgan fingerprint density at radius 3 is 2.18 bits per heavy atom. The molecule has 1 N–H and O–H groups in total. The van der Waals surface area contributed by atoms with E-state index in [1.165, 1.54) is 13.3 Å². The summed E-state index contributed by atoms with van der Waals surface area (Å²) >= 11 is 0. The van der Waals surface area contributed by atoms with Gasteiger partial charge in [0, 0.05) is 63.5 Å². The molecule has 2 fully saturated rings. The Morgan fingerprint density at radius 2 is 1.60 bits per heavy atom. The third kappa shape index (κ3) is 8.97. The van der Waals surface area contributed by atoms with Crippen LogP contribution < -0.4 is 14.2 Å². The number of carbonyl (C=O) groups excluding carboxylic acids is 1. The molecule has 0 bridgehead atoms. The van der Waals surface area contributed by atoms with Crippen LogP contribution in [0.1, 0.15) is 39.9 Å². The molecule has 11 nitrogen and oxygen atoms in total. The van der Waals surface area contributed by atoms with Gasteiger partial charge in [-0.3, -0.25) is 19.7 Å². The number of aromatic amines is 1. The number of benzene rings is 2. The summed E-state index contributed by atoms with van der Waals surface area (Å²) in [6.07, 6.45) is -1.47. The van der Waals surface area contributed by atoms with Crippen molar-refractivity contribution < 1.29 is 32.2 Å². The first-order chi connectivity index (χ1) is 23.2.